The van der Waals surface area contributed by atoms with Crippen LogP contribution in [0.15, 0.2) is 24.3 Å². The number of nitrogens with zero attached hydrogens (tertiary/aromatic N) is 1. The Balaban J connectivity index is 2.16. The van der Waals surface area contributed by atoms with E-state index in [0.717, 1.165) is 30.6 Å². The monoisotopic (exact) mass is 268 g/mol. The van der Waals surface area contributed by atoms with Crippen LogP contribution in [0.4, 0.5) is 5.69 Å². The molecule has 5 heteroatoms. The molecule has 1 atom stereocenters. The van der Waals surface area contributed by atoms with Crippen molar-refractivity contribution in [3.63, 3.8) is 0 Å². The van der Waals surface area contributed by atoms with E-state index < -0.39 is 10.0 Å². The van der Waals surface area contributed by atoms with Gasteiger partial charge in [-0.15, -0.1) is 0 Å². The second-order valence-corrected chi connectivity index (χ2v) is 6.87. The van der Waals surface area contributed by atoms with Gasteiger partial charge in [0, 0.05) is 13.1 Å². The summed E-state index contributed by atoms with van der Waals surface area (Å²) in [5.74, 6) is 0.178. The highest BCUT2D eigenvalue weighted by atomic mass is 32.2. The molecule has 0 amide bonds. The Morgan fingerprint density at radius 1 is 1.39 bits per heavy atom. The predicted octanol–water partition coefficient (Wildman–Crippen LogP) is 1.51. The zero-order valence-electron chi connectivity index (χ0n) is 10.9. The van der Waals surface area contributed by atoms with Gasteiger partial charge in [0.25, 0.3) is 0 Å². The third kappa shape index (κ3) is 2.84. The third-order valence-electron chi connectivity index (χ3n) is 3.45. The van der Waals surface area contributed by atoms with Gasteiger partial charge in [-0.25, -0.2) is 8.42 Å². The van der Waals surface area contributed by atoms with Gasteiger partial charge in [0.05, 0.1) is 11.4 Å². The maximum atomic E-state index is 12.3. The van der Waals surface area contributed by atoms with E-state index in [1.54, 1.807) is 7.05 Å². The molecule has 4 nitrogen and oxygen atoms in total. The van der Waals surface area contributed by atoms with E-state index in [1.807, 2.05) is 31.2 Å². The van der Waals surface area contributed by atoms with E-state index in [2.05, 4.69) is 5.32 Å². The van der Waals surface area contributed by atoms with Crippen LogP contribution in [0, 0.1) is 6.92 Å². The first-order chi connectivity index (χ1) is 8.50. The van der Waals surface area contributed by atoms with Gasteiger partial charge in [0.15, 0.2) is 0 Å². The summed E-state index contributed by atoms with van der Waals surface area (Å²) in [5, 5.41) is 3.23. The van der Waals surface area contributed by atoms with Crippen LogP contribution >= 0.6 is 0 Å². The molecule has 100 valence electrons. The Morgan fingerprint density at radius 2 is 2.11 bits per heavy atom. The summed E-state index contributed by atoms with van der Waals surface area (Å²) in [6.07, 6.45) is 2.01. The van der Waals surface area contributed by atoms with Crippen molar-refractivity contribution in [1.29, 1.82) is 0 Å². The zero-order chi connectivity index (χ0) is 13.2. The molecular formula is C13H20N2O2S. The maximum absolute atomic E-state index is 12.3. The van der Waals surface area contributed by atoms with Crippen molar-refractivity contribution in [3.05, 3.63) is 29.8 Å². The Kier molecular flexibility index (Phi) is 3.92. The summed E-state index contributed by atoms with van der Waals surface area (Å²) < 4.78 is 26.1. The van der Waals surface area contributed by atoms with Gasteiger partial charge in [-0.3, -0.25) is 4.31 Å². The lowest BCUT2D eigenvalue weighted by molar-refractivity contribution is 0.575. The number of hydrogen-bond donors (Lipinski definition) is 1. The molecule has 0 bridgehead atoms. The van der Waals surface area contributed by atoms with Crippen molar-refractivity contribution in [1.82, 2.24) is 5.32 Å². The highest BCUT2D eigenvalue weighted by Crippen LogP contribution is 2.22. The lowest BCUT2D eigenvalue weighted by Crippen LogP contribution is -2.38. The van der Waals surface area contributed by atoms with Gasteiger partial charge in [-0.05, 0) is 37.9 Å². The van der Waals surface area contributed by atoms with Crippen LogP contribution in [0.3, 0.4) is 0 Å². The van der Waals surface area contributed by atoms with E-state index in [1.165, 1.54) is 4.31 Å². The van der Waals surface area contributed by atoms with Gasteiger partial charge in [-0.2, -0.15) is 0 Å². The Hall–Kier alpha value is -1.07. The largest absolute Gasteiger partial charge is 0.313 e. The van der Waals surface area contributed by atoms with Crippen LogP contribution in [0.5, 0.6) is 0 Å². The maximum Gasteiger partial charge on any atom is 0.236 e. The summed E-state index contributed by atoms with van der Waals surface area (Å²) in [6, 6.07) is 7.64. The summed E-state index contributed by atoms with van der Waals surface area (Å²) in [7, 11) is -1.62. The van der Waals surface area contributed by atoms with Crippen molar-refractivity contribution in [2.24, 2.45) is 0 Å². The summed E-state index contributed by atoms with van der Waals surface area (Å²) in [4.78, 5) is 0. The van der Waals surface area contributed by atoms with E-state index in [-0.39, 0.29) is 11.8 Å². The van der Waals surface area contributed by atoms with Crippen molar-refractivity contribution < 1.29 is 8.42 Å². The van der Waals surface area contributed by atoms with Crippen LogP contribution in [0.25, 0.3) is 0 Å². The van der Waals surface area contributed by atoms with Crippen molar-refractivity contribution >= 4 is 15.7 Å². The highest BCUT2D eigenvalue weighted by molar-refractivity contribution is 7.92. The SMILES string of the molecule is Cc1ccccc1N(C)S(=O)(=O)CC1CCCN1. The van der Waals surface area contributed by atoms with Gasteiger partial charge in [-0.1, -0.05) is 18.2 Å². The molecule has 1 unspecified atom stereocenters. The molecule has 1 saturated heterocycles. The highest BCUT2D eigenvalue weighted by Gasteiger charge is 2.26. The van der Waals surface area contributed by atoms with Crippen molar-refractivity contribution in [2.45, 2.75) is 25.8 Å². The second kappa shape index (κ2) is 5.28. The number of para-hydroxylation sites is 1. The molecule has 0 aliphatic carbocycles. The second-order valence-electron chi connectivity index (χ2n) is 4.83. The average Bonchev–Trinajstić information content (AvgIpc) is 2.81. The van der Waals surface area contributed by atoms with Crippen LogP contribution in [-0.4, -0.2) is 33.8 Å². The van der Waals surface area contributed by atoms with Crippen molar-refractivity contribution in [3.8, 4) is 0 Å². The number of aryl methyl sites for hydroxylation is 1. The fourth-order valence-electron chi connectivity index (χ4n) is 2.33. The number of hydrogen-bond acceptors (Lipinski definition) is 3. The fourth-order valence-corrected chi connectivity index (χ4v) is 3.85. The zero-order valence-corrected chi connectivity index (χ0v) is 11.7. The summed E-state index contributed by atoms with van der Waals surface area (Å²) >= 11 is 0. The van der Waals surface area contributed by atoms with Crippen LogP contribution < -0.4 is 9.62 Å². The quantitative estimate of drug-likeness (QED) is 0.900. The molecule has 0 aromatic heterocycles. The van der Waals surface area contributed by atoms with Crippen LogP contribution in [-0.2, 0) is 10.0 Å². The predicted molar refractivity (Wildman–Crippen MR) is 74.4 cm³/mol. The number of sulfonamides is 1. The van der Waals surface area contributed by atoms with Crippen LogP contribution in [0.1, 0.15) is 18.4 Å². The molecule has 1 N–H and O–H groups in total. The average molecular weight is 268 g/mol. The third-order valence-corrected chi connectivity index (χ3v) is 5.30. The lowest BCUT2D eigenvalue weighted by atomic mass is 10.2. The van der Waals surface area contributed by atoms with Crippen LogP contribution in [0.2, 0.25) is 0 Å². The van der Waals surface area contributed by atoms with Gasteiger partial charge >= 0.3 is 0 Å². The minimum Gasteiger partial charge on any atom is -0.313 e. The Labute approximate surface area is 109 Å². The number of anilines is 1. The first-order valence-electron chi connectivity index (χ1n) is 6.26. The van der Waals surface area contributed by atoms with Crippen molar-refractivity contribution in [2.75, 3.05) is 23.7 Å². The smallest absolute Gasteiger partial charge is 0.236 e. The molecule has 18 heavy (non-hydrogen) atoms. The molecule has 0 saturated carbocycles. The van der Waals surface area contributed by atoms with E-state index in [0.29, 0.717) is 0 Å². The number of rotatable bonds is 4. The molecular weight excluding hydrogens is 248 g/mol. The molecule has 1 heterocycles. The van der Waals surface area contributed by atoms with Gasteiger partial charge in [0.2, 0.25) is 10.0 Å². The molecule has 1 aliphatic heterocycles. The molecule has 2 rings (SSSR count). The Bertz CT molecular complexity index is 507. The molecule has 1 aliphatic rings. The summed E-state index contributed by atoms with van der Waals surface area (Å²) in [5.41, 5.74) is 1.73. The molecule has 1 aromatic carbocycles. The van der Waals surface area contributed by atoms with Gasteiger partial charge in [0.1, 0.15) is 0 Å². The number of nitrogens with one attached hydrogen (secondary N) is 1. The standard InChI is InChI=1S/C13H20N2O2S/c1-11-6-3-4-8-13(11)15(2)18(16,17)10-12-7-5-9-14-12/h3-4,6,8,12,14H,5,7,9-10H2,1-2H3. The lowest BCUT2D eigenvalue weighted by Gasteiger charge is -2.23. The van der Waals surface area contributed by atoms with E-state index in [9.17, 15) is 8.42 Å². The molecule has 1 fully saturated rings. The Morgan fingerprint density at radius 3 is 2.72 bits per heavy atom. The fraction of sp³-hybridized carbons (Fsp3) is 0.538. The van der Waals surface area contributed by atoms with E-state index >= 15 is 0 Å². The van der Waals surface area contributed by atoms with E-state index in [4.69, 9.17) is 0 Å². The topological polar surface area (TPSA) is 49.4 Å². The number of benzene rings is 1. The normalized spacial score (nSPS) is 20.0. The first kappa shape index (κ1) is 13.4. The first-order valence-corrected chi connectivity index (χ1v) is 7.87. The molecule has 0 spiro atoms. The minimum absolute atomic E-state index is 0.0986. The molecule has 1 aromatic rings. The van der Waals surface area contributed by atoms with Gasteiger partial charge < -0.3 is 5.32 Å². The molecule has 0 radical (unpaired) electrons. The minimum atomic E-state index is -3.25. The summed E-state index contributed by atoms with van der Waals surface area (Å²) in [6.45, 7) is 2.85.